The summed E-state index contributed by atoms with van der Waals surface area (Å²) >= 11 is 0. The lowest BCUT2D eigenvalue weighted by Crippen LogP contribution is -2.37. The highest BCUT2D eigenvalue weighted by Crippen LogP contribution is 2.23. The number of rotatable bonds is 4. The predicted octanol–water partition coefficient (Wildman–Crippen LogP) is 2.22. The molecule has 0 bridgehead atoms. The number of halogens is 1. The minimum Gasteiger partial charge on any atom is -0.311 e. The Bertz CT molecular complexity index is 866. The molecule has 0 spiro atoms. The first-order valence-electron chi connectivity index (χ1n) is 7.51. The number of carbonyl (C=O) groups is 1. The quantitative estimate of drug-likeness (QED) is 0.921. The molecule has 1 amide bonds. The van der Waals surface area contributed by atoms with E-state index in [9.17, 15) is 17.6 Å². The molecular weight excluding hydrogens is 331 g/mol. The molecular formula is C17H17FN2O3S. The molecule has 3 rings (SSSR count). The van der Waals surface area contributed by atoms with Crippen LogP contribution in [0.2, 0.25) is 0 Å². The van der Waals surface area contributed by atoms with Gasteiger partial charge in [0.05, 0.1) is 0 Å². The zero-order valence-electron chi connectivity index (χ0n) is 13.1. The van der Waals surface area contributed by atoms with Gasteiger partial charge in [-0.1, -0.05) is 29.8 Å². The zero-order valence-corrected chi connectivity index (χ0v) is 13.9. The van der Waals surface area contributed by atoms with Gasteiger partial charge in [-0.25, -0.2) is 17.5 Å². The van der Waals surface area contributed by atoms with Gasteiger partial charge in [0.25, 0.3) is 0 Å². The van der Waals surface area contributed by atoms with Crippen LogP contribution in [0.5, 0.6) is 0 Å². The van der Waals surface area contributed by atoms with Crippen LogP contribution < -0.4 is 9.62 Å². The minimum atomic E-state index is -4.01. The first-order valence-corrected chi connectivity index (χ1v) is 8.99. The molecule has 0 radical (unpaired) electrons. The first kappa shape index (κ1) is 16.6. The molecule has 126 valence electrons. The fourth-order valence-electron chi connectivity index (χ4n) is 2.71. The highest BCUT2D eigenvalue weighted by atomic mass is 32.2. The van der Waals surface area contributed by atoms with Crippen LogP contribution in [0.1, 0.15) is 12.0 Å². The van der Waals surface area contributed by atoms with Crippen molar-refractivity contribution in [3.63, 3.8) is 0 Å². The van der Waals surface area contributed by atoms with Gasteiger partial charge in [-0.15, -0.1) is 0 Å². The van der Waals surface area contributed by atoms with Gasteiger partial charge < -0.3 is 4.90 Å². The summed E-state index contributed by atoms with van der Waals surface area (Å²) in [6, 6.07) is 12.0. The largest absolute Gasteiger partial charge is 0.311 e. The monoisotopic (exact) mass is 348 g/mol. The van der Waals surface area contributed by atoms with E-state index in [1.54, 1.807) is 0 Å². The second-order valence-electron chi connectivity index (χ2n) is 5.79. The number of hydrogen-bond acceptors (Lipinski definition) is 3. The average molecular weight is 348 g/mol. The van der Waals surface area contributed by atoms with Crippen molar-refractivity contribution in [2.45, 2.75) is 24.3 Å². The van der Waals surface area contributed by atoms with Gasteiger partial charge >= 0.3 is 0 Å². The maximum atomic E-state index is 13.7. The molecule has 1 fully saturated rings. The van der Waals surface area contributed by atoms with Crippen LogP contribution in [0.4, 0.5) is 10.1 Å². The molecule has 1 atom stereocenters. The number of aryl methyl sites for hydroxylation is 1. The Labute approximate surface area is 140 Å². The number of amides is 1. The first-order chi connectivity index (χ1) is 11.4. The summed E-state index contributed by atoms with van der Waals surface area (Å²) in [6.07, 6.45) is 0.0432. The zero-order chi connectivity index (χ0) is 17.3. The summed E-state index contributed by atoms with van der Waals surface area (Å²) in [5.74, 6) is -0.982. The van der Waals surface area contributed by atoms with Crippen LogP contribution in [0.15, 0.2) is 53.4 Å². The molecule has 7 heteroatoms. The lowest BCUT2D eigenvalue weighted by atomic mass is 10.2. The van der Waals surface area contributed by atoms with Crippen LogP contribution in [0.3, 0.4) is 0 Å². The number of carbonyl (C=O) groups excluding carboxylic acids is 1. The van der Waals surface area contributed by atoms with E-state index in [0.29, 0.717) is 0 Å². The molecule has 0 saturated carbocycles. The third-order valence-corrected chi connectivity index (χ3v) is 5.47. The highest BCUT2D eigenvalue weighted by molar-refractivity contribution is 7.89. The number of anilines is 1. The summed E-state index contributed by atoms with van der Waals surface area (Å²) in [5.41, 5.74) is 1.79. The summed E-state index contributed by atoms with van der Waals surface area (Å²) in [6.45, 7) is 2.16. The van der Waals surface area contributed by atoms with Crippen molar-refractivity contribution in [1.82, 2.24) is 4.72 Å². The van der Waals surface area contributed by atoms with Crippen molar-refractivity contribution in [2.24, 2.45) is 0 Å². The molecule has 24 heavy (non-hydrogen) atoms. The van der Waals surface area contributed by atoms with Crippen LogP contribution in [0.25, 0.3) is 0 Å². The number of sulfonamides is 1. The molecule has 1 saturated heterocycles. The second kappa shape index (κ2) is 6.33. The lowest BCUT2D eigenvalue weighted by molar-refractivity contribution is -0.117. The van der Waals surface area contributed by atoms with E-state index >= 15 is 0 Å². The molecule has 5 nitrogen and oxygen atoms in total. The molecule has 2 aromatic rings. The molecule has 1 aliphatic rings. The fraction of sp³-hybridized carbons (Fsp3) is 0.235. The van der Waals surface area contributed by atoms with Crippen molar-refractivity contribution in [3.8, 4) is 0 Å². The minimum absolute atomic E-state index is 0.0432. The van der Waals surface area contributed by atoms with Gasteiger partial charge in [-0.05, 0) is 31.2 Å². The topological polar surface area (TPSA) is 66.5 Å². The predicted molar refractivity (Wildman–Crippen MR) is 88.7 cm³/mol. The number of benzene rings is 2. The van der Waals surface area contributed by atoms with Gasteiger partial charge in [0, 0.05) is 24.7 Å². The van der Waals surface area contributed by atoms with Gasteiger partial charge in [-0.3, -0.25) is 4.79 Å². The van der Waals surface area contributed by atoms with E-state index in [1.165, 1.54) is 23.1 Å². The average Bonchev–Trinajstić information content (AvgIpc) is 2.88. The molecule has 0 aliphatic carbocycles. The molecule has 1 heterocycles. The Morgan fingerprint density at radius 1 is 1.12 bits per heavy atom. The molecule has 0 aromatic heterocycles. The Kier molecular flexibility index (Phi) is 4.38. The van der Waals surface area contributed by atoms with Crippen molar-refractivity contribution in [1.29, 1.82) is 0 Å². The Morgan fingerprint density at radius 3 is 2.46 bits per heavy atom. The smallest absolute Gasteiger partial charge is 0.243 e. The molecule has 1 unspecified atom stereocenters. The van der Waals surface area contributed by atoms with Crippen LogP contribution in [-0.4, -0.2) is 26.9 Å². The van der Waals surface area contributed by atoms with Crippen molar-refractivity contribution in [2.75, 3.05) is 11.4 Å². The van der Waals surface area contributed by atoms with Gasteiger partial charge in [0.2, 0.25) is 15.9 Å². The highest BCUT2D eigenvalue weighted by Gasteiger charge is 2.34. The van der Waals surface area contributed by atoms with Gasteiger partial charge in [0.15, 0.2) is 0 Å². The van der Waals surface area contributed by atoms with E-state index < -0.39 is 26.8 Å². The number of hydrogen-bond donors (Lipinski definition) is 1. The van der Waals surface area contributed by atoms with E-state index in [0.717, 1.165) is 17.3 Å². The number of nitrogens with one attached hydrogen (secondary N) is 1. The van der Waals surface area contributed by atoms with Crippen molar-refractivity contribution >= 4 is 21.6 Å². The molecule has 2 aromatic carbocycles. The van der Waals surface area contributed by atoms with Gasteiger partial charge in [-0.2, -0.15) is 0 Å². The third kappa shape index (κ3) is 3.32. The normalized spacial score (nSPS) is 18.2. The fourth-order valence-corrected chi connectivity index (χ4v) is 4.01. The summed E-state index contributed by atoms with van der Waals surface area (Å²) in [7, 11) is -4.01. The van der Waals surface area contributed by atoms with Crippen LogP contribution in [0, 0.1) is 12.7 Å². The van der Waals surface area contributed by atoms with Crippen LogP contribution >= 0.6 is 0 Å². The summed E-state index contributed by atoms with van der Waals surface area (Å²) in [4.78, 5) is 13.3. The van der Waals surface area contributed by atoms with E-state index in [1.807, 2.05) is 31.2 Å². The standard InChI is InChI=1S/C17H17FN2O3S/c1-12-6-8-14(9-7-12)20-11-13(10-17(20)21)19-24(22,23)16-5-3-2-4-15(16)18/h2-9,13,19H,10-11H2,1H3. The Hall–Kier alpha value is -2.25. The van der Waals surface area contributed by atoms with Gasteiger partial charge in [0.1, 0.15) is 10.7 Å². The van der Waals surface area contributed by atoms with Crippen molar-refractivity contribution < 1.29 is 17.6 Å². The SMILES string of the molecule is Cc1ccc(N2CC(NS(=O)(=O)c3ccccc3F)CC2=O)cc1. The molecule has 1 N–H and O–H groups in total. The van der Waals surface area contributed by atoms with E-state index in [2.05, 4.69) is 4.72 Å². The van der Waals surface area contributed by atoms with E-state index in [-0.39, 0.29) is 18.9 Å². The maximum Gasteiger partial charge on any atom is 0.243 e. The third-order valence-electron chi connectivity index (χ3n) is 3.92. The van der Waals surface area contributed by atoms with Crippen molar-refractivity contribution in [3.05, 3.63) is 59.9 Å². The maximum absolute atomic E-state index is 13.7. The Morgan fingerprint density at radius 2 is 1.79 bits per heavy atom. The summed E-state index contributed by atoms with van der Waals surface area (Å²) < 4.78 is 40.8. The summed E-state index contributed by atoms with van der Waals surface area (Å²) in [5, 5.41) is 0. The second-order valence-corrected chi connectivity index (χ2v) is 7.48. The lowest BCUT2D eigenvalue weighted by Gasteiger charge is -2.17. The number of nitrogens with zero attached hydrogens (tertiary/aromatic N) is 1. The molecule has 1 aliphatic heterocycles. The van der Waals surface area contributed by atoms with Crippen LogP contribution in [-0.2, 0) is 14.8 Å². The van der Waals surface area contributed by atoms with E-state index in [4.69, 9.17) is 0 Å². The Balaban J connectivity index is 1.77.